The Balaban J connectivity index is 2.00. The zero-order valence-electron chi connectivity index (χ0n) is 15.9. The van der Waals surface area contributed by atoms with Gasteiger partial charge in [-0.3, -0.25) is 0 Å². The highest BCUT2D eigenvalue weighted by molar-refractivity contribution is 5.42. The molecule has 24 heavy (non-hydrogen) atoms. The SMILES string of the molecule is CC(C)(C)Cc1ccc(/N=N/c2ccc(CC(C)(C)C)cc2)cc1. The van der Waals surface area contributed by atoms with Gasteiger partial charge in [-0.1, -0.05) is 65.8 Å². The average molecular weight is 322 g/mol. The number of hydrogen-bond acceptors (Lipinski definition) is 2. The van der Waals surface area contributed by atoms with Crippen LogP contribution in [0.15, 0.2) is 58.8 Å². The van der Waals surface area contributed by atoms with Crippen molar-refractivity contribution in [2.24, 2.45) is 21.1 Å². The summed E-state index contributed by atoms with van der Waals surface area (Å²) in [5.41, 5.74) is 5.08. The molecule has 0 unspecified atom stereocenters. The summed E-state index contributed by atoms with van der Waals surface area (Å²) in [4.78, 5) is 0. The number of azo groups is 1. The summed E-state index contributed by atoms with van der Waals surface area (Å²) in [6, 6.07) is 16.7. The molecule has 0 atom stereocenters. The molecule has 0 heterocycles. The van der Waals surface area contributed by atoms with Gasteiger partial charge in [0.1, 0.15) is 0 Å². The molecule has 0 aliphatic heterocycles. The first kappa shape index (κ1) is 18.4. The zero-order valence-corrected chi connectivity index (χ0v) is 15.9. The van der Waals surface area contributed by atoms with Gasteiger partial charge in [0.2, 0.25) is 0 Å². The summed E-state index contributed by atoms with van der Waals surface area (Å²) in [6.07, 6.45) is 2.14. The Morgan fingerprint density at radius 1 is 0.542 bits per heavy atom. The number of rotatable bonds is 4. The molecule has 0 radical (unpaired) electrons. The first-order chi connectivity index (χ1) is 11.1. The molecule has 0 aromatic heterocycles. The summed E-state index contributed by atoms with van der Waals surface area (Å²) in [5, 5.41) is 8.69. The van der Waals surface area contributed by atoms with E-state index in [4.69, 9.17) is 0 Å². The molecule has 0 fully saturated rings. The van der Waals surface area contributed by atoms with Crippen LogP contribution in [0.3, 0.4) is 0 Å². The summed E-state index contributed by atoms with van der Waals surface area (Å²) in [7, 11) is 0. The first-order valence-corrected chi connectivity index (χ1v) is 8.70. The number of nitrogens with zero attached hydrogens (tertiary/aromatic N) is 2. The molecule has 0 spiro atoms. The topological polar surface area (TPSA) is 24.7 Å². The van der Waals surface area contributed by atoms with Gasteiger partial charge in [0, 0.05) is 0 Å². The highest BCUT2D eigenvalue weighted by atomic mass is 15.1. The maximum absolute atomic E-state index is 4.34. The van der Waals surface area contributed by atoms with Crippen molar-refractivity contribution >= 4 is 11.4 Å². The lowest BCUT2D eigenvalue weighted by Crippen LogP contribution is -2.08. The Morgan fingerprint density at radius 3 is 1.08 bits per heavy atom. The fraction of sp³-hybridized carbons (Fsp3) is 0.455. The maximum atomic E-state index is 4.34. The third kappa shape index (κ3) is 6.66. The molecule has 2 heteroatoms. The van der Waals surface area contributed by atoms with E-state index >= 15 is 0 Å². The van der Waals surface area contributed by atoms with Gasteiger partial charge in [0.15, 0.2) is 0 Å². The summed E-state index contributed by atoms with van der Waals surface area (Å²) in [5.74, 6) is 0. The second-order valence-electron chi connectivity index (χ2n) is 9.01. The van der Waals surface area contributed by atoms with Crippen LogP contribution in [0, 0.1) is 10.8 Å². The van der Waals surface area contributed by atoms with Crippen LogP contribution in [0.2, 0.25) is 0 Å². The number of benzene rings is 2. The fourth-order valence-corrected chi connectivity index (χ4v) is 2.70. The molecule has 2 nitrogen and oxygen atoms in total. The Labute approximate surface area is 147 Å². The maximum Gasteiger partial charge on any atom is 0.0857 e. The van der Waals surface area contributed by atoms with Crippen molar-refractivity contribution < 1.29 is 0 Å². The van der Waals surface area contributed by atoms with E-state index in [9.17, 15) is 0 Å². The molecule has 0 saturated carbocycles. The first-order valence-electron chi connectivity index (χ1n) is 8.70. The molecule has 2 aromatic carbocycles. The smallest absolute Gasteiger partial charge is 0.0857 e. The lowest BCUT2D eigenvalue weighted by molar-refractivity contribution is 0.411. The predicted molar refractivity (Wildman–Crippen MR) is 103 cm³/mol. The van der Waals surface area contributed by atoms with Crippen LogP contribution in [-0.2, 0) is 12.8 Å². The van der Waals surface area contributed by atoms with E-state index in [-0.39, 0.29) is 0 Å². The third-order valence-corrected chi connectivity index (χ3v) is 3.62. The van der Waals surface area contributed by atoms with Gasteiger partial charge in [-0.25, -0.2) is 0 Å². The van der Waals surface area contributed by atoms with Gasteiger partial charge < -0.3 is 0 Å². The third-order valence-electron chi connectivity index (χ3n) is 3.62. The van der Waals surface area contributed by atoms with Crippen LogP contribution in [0.4, 0.5) is 11.4 Å². The lowest BCUT2D eigenvalue weighted by atomic mass is 9.88. The monoisotopic (exact) mass is 322 g/mol. The Morgan fingerprint density at radius 2 is 0.833 bits per heavy atom. The van der Waals surface area contributed by atoms with Crippen molar-refractivity contribution in [1.82, 2.24) is 0 Å². The second-order valence-corrected chi connectivity index (χ2v) is 9.01. The van der Waals surface area contributed by atoms with Crippen LogP contribution >= 0.6 is 0 Å². The van der Waals surface area contributed by atoms with E-state index in [1.165, 1.54) is 11.1 Å². The van der Waals surface area contributed by atoms with Gasteiger partial charge in [-0.2, -0.15) is 10.2 Å². The zero-order chi connectivity index (χ0) is 17.8. The summed E-state index contributed by atoms with van der Waals surface area (Å²) < 4.78 is 0. The quantitative estimate of drug-likeness (QED) is 0.528. The summed E-state index contributed by atoms with van der Waals surface area (Å²) >= 11 is 0. The van der Waals surface area contributed by atoms with Gasteiger partial charge in [-0.05, 0) is 59.1 Å². The van der Waals surface area contributed by atoms with E-state index in [0.29, 0.717) is 10.8 Å². The molecule has 0 saturated heterocycles. The predicted octanol–water partition coefficient (Wildman–Crippen LogP) is 7.28. The van der Waals surface area contributed by atoms with Crippen molar-refractivity contribution in [3.05, 3.63) is 59.7 Å². The fourth-order valence-electron chi connectivity index (χ4n) is 2.70. The van der Waals surface area contributed by atoms with E-state index in [1.807, 2.05) is 24.3 Å². The molecule has 0 N–H and O–H groups in total. The van der Waals surface area contributed by atoms with Crippen molar-refractivity contribution in [3.63, 3.8) is 0 Å². The standard InChI is InChI=1S/C22H30N2/c1-21(2,3)15-17-7-11-19(12-8-17)23-24-20-13-9-18(10-14-20)16-22(4,5)6/h7-14H,15-16H2,1-6H3/b24-23+. The van der Waals surface area contributed by atoms with Crippen LogP contribution in [0.25, 0.3) is 0 Å². The van der Waals surface area contributed by atoms with Gasteiger partial charge in [-0.15, -0.1) is 0 Å². The minimum Gasteiger partial charge on any atom is -0.151 e. The van der Waals surface area contributed by atoms with Crippen LogP contribution in [0.1, 0.15) is 52.7 Å². The van der Waals surface area contributed by atoms with Crippen LogP contribution < -0.4 is 0 Å². The average Bonchev–Trinajstić information content (AvgIpc) is 2.45. The molecular formula is C22H30N2. The van der Waals surface area contributed by atoms with E-state index < -0.39 is 0 Å². The van der Waals surface area contributed by atoms with E-state index in [1.54, 1.807) is 0 Å². The van der Waals surface area contributed by atoms with E-state index in [2.05, 4.69) is 76.0 Å². The molecule has 0 bridgehead atoms. The molecule has 0 amide bonds. The molecule has 0 aliphatic carbocycles. The van der Waals surface area contributed by atoms with Gasteiger partial charge in [0.05, 0.1) is 11.4 Å². The minimum absolute atomic E-state index is 0.303. The normalized spacial score (nSPS) is 12.8. The Bertz CT molecular complexity index is 604. The van der Waals surface area contributed by atoms with E-state index in [0.717, 1.165) is 24.2 Å². The molecule has 2 rings (SSSR count). The lowest BCUT2D eigenvalue weighted by Gasteiger charge is -2.18. The van der Waals surface area contributed by atoms with Gasteiger partial charge >= 0.3 is 0 Å². The largest absolute Gasteiger partial charge is 0.151 e. The molecule has 128 valence electrons. The van der Waals surface area contributed by atoms with Crippen LogP contribution in [-0.4, -0.2) is 0 Å². The summed E-state index contributed by atoms with van der Waals surface area (Å²) in [6.45, 7) is 13.5. The van der Waals surface area contributed by atoms with Crippen molar-refractivity contribution in [3.8, 4) is 0 Å². The second kappa shape index (κ2) is 7.29. The molecule has 2 aromatic rings. The highest BCUT2D eigenvalue weighted by Crippen LogP contribution is 2.25. The van der Waals surface area contributed by atoms with Gasteiger partial charge in [0.25, 0.3) is 0 Å². The van der Waals surface area contributed by atoms with Crippen molar-refractivity contribution in [2.75, 3.05) is 0 Å². The van der Waals surface area contributed by atoms with Crippen molar-refractivity contribution in [1.29, 1.82) is 0 Å². The number of hydrogen-bond donors (Lipinski definition) is 0. The minimum atomic E-state index is 0.303. The molecule has 0 aliphatic rings. The Kier molecular flexibility index (Phi) is 5.58. The van der Waals surface area contributed by atoms with Crippen molar-refractivity contribution in [2.45, 2.75) is 54.4 Å². The highest BCUT2D eigenvalue weighted by Gasteiger charge is 2.11. The molecular weight excluding hydrogens is 292 g/mol. The Hall–Kier alpha value is -1.96. The van der Waals surface area contributed by atoms with Crippen LogP contribution in [0.5, 0.6) is 0 Å².